The molecular formula is C28H38I3N5O6. The van der Waals surface area contributed by atoms with Crippen LogP contribution in [0, 0.1) is 22.0 Å². The molecule has 1 heterocycles. The van der Waals surface area contributed by atoms with Crippen molar-refractivity contribution in [3.8, 4) is 0 Å². The summed E-state index contributed by atoms with van der Waals surface area (Å²) >= 11 is 5.94. The normalized spacial score (nSPS) is 21.1. The summed E-state index contributed by atoms with van der Waals surface area (Å²) in [4.78, 5) is 73.4. The van der Waals surface area contributed by atoms with Gasteiger partial charge in [0.15, 0.2) is 0 Å². The Morgan fingerprint density at radius 3 is 2.02 bits per heavy atom. The Morgan fingerprint density at radius 1 is 0.929 bits per heavy atom. The number of benzene rings is 1. The van der Waals surface area contributed by atoms with Crippen LogP contribution in [-0.4, -0.2) is 66.2 Å². The third-order valence-corrected chi connectivity index (χ3v) is 10.9. The molecular weight excluding hydrogens is 883 g/mol. The van der Waals surface area contributed by atoms with Crippen LogP contribution in [0.15, 0.2) is 0 Å². The molecule has 1 aromatic carbocycles. The molecule has 4 N–H and O–H groups in total. The summed E-state index contributed by atoms with van der Waals surface area (Å²) in [5, 5.41) is 8.42. The maximum absolute atomic E-state index is 14.3. The Kier molecular flexibility index (Phi) is 11.9. The maximum Gasteiger partial charge on any atom is 0.329 e. The van der Waals surface area contributed by atoms with Crippen molar-refractivity contribution >= 4 is 103 Å². The first-order chi connectivity index (χ1) is 19.5. The number of hydrogen-bond acceptors (Lipinski definition) is 7. The van der Waals surface area contributed by atoms with Gasteiger partial charge in [0.05, 0.1) is 35.4 Å². The Morgan fingerprint density at radius 2 is 1.50 bits per heavy atom. The van der Waals surface area contributed by atoms with Gasteiger partial charge < -0.3 is 25.7 Å². The third-order valence-electron chi connectivity index (χ3n) is 7.65. The topological polar surface area (TPSA) is 146 Å². The molecule has 0 aromatic heterocycles. The minimum Gasteiger partial charge on any atom is -0.370 e. The molecule has 1 aromatic rings. The highest BCUT2D eigenvalue weighted by Crippen LogP contribution is 2.38. The minimum atomic E-state index is -1.40. The van der Waals surface area contributed by atoms with Gasteiger partial charge in [0.1, 0.15) is 5.54 Å². The third kappa shape index (κ3) is 7.50. The van der Waals surface area contributed by atoms with E-state index in [2.05, 4.69) is 28.4 Å². The van der Waals surface area contributed by atoms with Crippen molar-refractivity contribution < 1.29 is 28.8 Å². The van der Waals surface area contributed by atoms with Gasteiger partial charge in [-0.3, -0.25) is 19.2 Å². The van der Waals surface area contributed by atoms with Crippen LogP contribution in [0.2, 0.25) is 0 Å². The van der Waals surface area contributed by atoms with Gasteiger partial charge in [-0.15, -0.1) is 5.48 Å². The van der Waals surface area contributed by atoms with Crippen molar-refractivity contribution in [3.05, 3.63) is 21.8 Å². The minimum absolute atomic E-state index is 0.177. The highest BCUT2D eigenvalue weighted by atomic mass is 127. The summed E-state index contributed by atoms with van der Waals surface area (Å²) in [6.45, 7) is 9.84. The van der Waals surface area contributed by atoms with Crippen molar-refractivity contribution in [2.75, 3.05) is 25.5 Å². The van der Waals surface area contributed by atoms with E-state index in [9.17, 15) is 24.0 Å². The standard InChI is InChI=1S/C28H38I3N5O6/c1-14-9-12-36(13-10-14)25(40)28(11-7-8-16(28)35-42-26(41)27(3,4)5)34-24(39)18-19(29)17(23(38)32-6)20(30)22(21(18)31)33-15(2)37/h14,16,35H,7-13H2,1-6H3,(H,32,38)(H,33,37)(H,34,39). The lowest BCUT2D eigenvalue weighted by Crippen LogP contribution is -2.67. The predicted octanol–water partition coefficient (Wildman–Crippen LogP) is 4.19. The van der Waals surface area contributed by atoms with Crippen LogP contribution in [0.25, 0.3) is 0 Å². The van der Waals surface area contributed by atoms with Gasteiger partial charge in [-0.1, -0.05) is 6.92 Å². The first kappa shape index (κ1) is 35.2. The van der Waals surface area contributed by atoms with Crippen LogP contribution in [-0.2, 0) is 19.2 Å². The molecule has 2 aliphatic rings. The molecule has 1 saturated heterocycles. The van der Waals surface area contributed by atoms with E-state index in [1.165, 1.54) is 14.0 Å². The van der Waals surface area contributed by atoms with E-state index < -0.39 is 34.8 Å². The number of carbonyl (C=O) groups is 5. The van der Waals surface area contributed by atoms with E-state index in [-0.39, 0.29) is 22.9 Å². The molecule has 232 valence electrons. The van der Waals surface area contributed by atoms with Crippen LogP contribution in [0.3, 0.4) is 0 Å². The van der Waals surface area contributed by atoms with Crippen molar-refractivity contribution in [2.24, 2.45) is 11.3 Å². The molecule has 42 heavy (non-hydrogen) atoms. The van der Waals surface area contributed by atoms with Crippen molar-refractivity contribution in [1.29, 1.82) is 0 Å². The van der Waals surface area contributed by atoms with Crippen LogP contribution in [0.1, 0.15) is 87.4 Å². The van der Waals surface area contributed by atoms with Crippen LogP contribution in [0.5, 0.6) is 0 Å². The highest BCUT2D eigenvalue weighted by molar-refractivity contribution is 14.1. The molecule has 0 radical (unpaired) electrons. The number of hydrogen-bond donors (Lipinski definition) is 4. The highest BCUT2D eigenvalue weighted by Gasteiger charge is 2.53. The fraction of sp³-hybridized carbons (Fsp3) is 0.607. The molecule has 11 nitrogen and oxygen atoms in total. The van der Waals surface area contributed by atoms with E-state index in [4.69, 9.17) is 4.84 Å². The number of nitrogens with one attached hydrogen (secondary N) is 4. The van der Waals surface area contributed by atoms with Crippen molar-refractivity contribution in [1.82, 2.24) is 21.0 Å². The smallest absolute Gasteiger partial charge is 0.329 e. The fourth-order valence-corrected chi connectivity index (χ4v) is 9.55. The maximum atomic E-state index is 14.3. The van der Waals surface area contributed by atoms with E-state index >= 15 is 0 Å². The summed E-state index contributed by atoms with van der Waals surface area (Å²) in [7, 11) is 1.49. The number of nitrogens with zero attached hydrogens (tertiary/aromatic N) is 1. The average molecular weight is 921 g/mol. The SMILES string of the molecule is CNC(=O)c1c(I)c(NC(C)=O)c(I)c(C(=O)NC2(C(=O)N3CCC(C)CC3)CCCC2NOC(=O)C(C)(C)C)c1I. The van der Waals surface area contributed by atoms with Gasteiger partial charge in [-0.05, 0) is 127 Å². The Balaban J connectivity index is 2.11. The first-order valence-corrected chi connectivity index (χ1v) is 17.1. The van der Waals surface area contributed by atoms with Gasteiger partial charge in [0, 0.05) is 30.6 Å². The molecule has 3 rings (SSSR count). The zero-order chi connectivity index (χ0) is 31.6. The van der Waals surface area contributed by atoms with Gasteiger partial charge in [0.2, 0.25) is 11.8 Å². The molecule has 14 heteroatoms. The fourth-order valence-electron chi connectivity index (χ4n) is 5.13. The lowest BCUT2D eigenvalue weighted by molar-refractivity contribution is -0.165. The molecule has 4 amide bonds. The Labute approximate surface area is 287 Å². The van der Waals surface area contributed by atoms with Gasteiger partial charge in [0.25, 0.3) is 11.8 Å². The number of hydroxylamine groups is 1. The van der Waals surface area contributed by atoms with E-state index in [0.717, 1.165) is 12.8 Å². The summed E-state index contributed by atoms with van der Waals surface area (Å²) in [5.41, 5.74) is 1.45. The predicted molar refractivity (Wildman–Crippen MR) is 184 cm³/mol. The van der Waals surface area contributed by atoms with Gasteiger partial charge >= 0.3 is 5.97 Å². The zero-order valence-electron chi connectivity index (χ0n) is 24.6. The Hall–Kier alpha value is -1.28. The number of amides is 4. The van der Waals surface area contributed by atoms with Crippen molar-refractivity contribution in [2.45, 2.75) is 78.3 Å². The summed E-state index contributed by atoms with van der Waals surface area (Å²) in [5.74, 6) is -1.54. The second-order valence-corrected chi connectivity index (χ2v) is 15.2. The van der Waals surface area contributed by atoms with E-state index in [1.54, 1.807) is 25.7 Å². The summed E-state index contributed by atoms with van der Waals surface area (Å²) < 4.78 is 1.33. The molecule has 1 aliphatic carbocycles. The molecule has 2 unspecified atom stereocenters. The summed E-state index contributed by atoms with van der Waals surface area (Å²) in [6.07, 6.45) is 3.16. The van der Waals surface area contributed by atoms with Crippen LogP contribution in [0.4, 0.5) is 5.69 Å². The Bertz CT molecular complexity index is 1280. The lowest BCUT2D eigenvalue weighted by atomic mass is 9.88. The van der Waals surface area contributed by atoms with Gasteiger partial charge in [-0.25, -0.2) is 4.79 Å². The van der Waals surface area contributed by atoms with E-state index in [0.29, 0.717) is 54.7 Å². The molecule has 1 aliphatic heterocycles. The monoisotopic (exact) mass is 921 g/mol. The van der Waals surface area contributed by atoms with Crippen LogP contribution < -0.4 is 21.4 Å². The number of rotatable bonds is 7. The van der Waals surface area contributed by atoms with Crippen LogP contribution >= 0.6 is 67.8 Å². The number of piperidine rings is 1. The van der Waals surface area contributed by atoms with Gasteiger partial charge in [-0.2, -0.15) is 0 Å². The first-order valence-electron chi connectivity index (χ1n) is 13.8. The second kappa shape index (κ2) is 14.2. The van der Waals surface area contributed by atoms with Crippen molar-refractivity contribution in [3.63, 3.8) is 0 Å². The molecule has 0 bridgehead atoms. The lowest BCUT2D eigenvalue weighted by Gasteiger charge is -2.41. The molecule has 1 saturated carbocycles. The zero-order valence-corrected chi connectivity index (χ0v) is 31.1. The number of halogens is 3. The molecule has 2 atom stereocenters. The largest absolute Gasteiger partial charge is 0.370 e. The quantitative estimate of drug-likeness (QED) is 0.237. The molecule has 2 fully saturated rings. The average Bonchev–Trinajstić information content (AvgIpc) is 3.31. The second-order valence-electron chi connectivity index (χ2n) is 11.9. The number of carbonyl (C=O) groups excluding carboxylic acids is 5. The number of likely N-dealkylation sites (tertiary alicyclic amines) is 1. The molecule has 0 spiro atoms. The van der Waals surface area contributed by atoms with E-state index in [1.807, 2.05) is 67.8 Å². The summed E-state index contributed by atoms with van der Waals surface area (Å²) in [6, 6.07) is -0.674. The number of anilines is 1.